The molecule has 0 amide bonds. The molecule has 1 aromatic carbocycles. The molecule has 1 unspecified atom stereocenters. The minimum absolute atomic E-state index is 0.391. The summed E-state index contributed by atoms with van der Waals surface area (Å²) in [5.74, 6) is 0.830. The van der Waals surface area contributed by atoms with Gasteiger partial charge in [0.2, 0.25) is 0 Å². The molecule has 0 bridgehead atoms. The lowest BCUT2D eigenvalue weighted by Gasteiger charge is -2.26. The minimum Gasteiger partial charge on any atom is -0.352 e. The molecule has 3 rings (SSSR count). The number of halogens is 2. The molecule has 104 valence electrons. The van der Waals surface area contributed by atoms with Crippen molar-refractivity contribution in [1.29, 1.82) is 0 Å². The normalized spacial score (nSPS) is 18.5. The Labute approximate surface area is 128 Å². The second-order valence-electron chi connectivity index (χ2n) is 4.98. The van der Waals surface area contributed by atoms with Crippen molar-refractivity contribution in [3.05, 3.63) is 52.4 Å². The maximum absolute atomic E-state index is 6.26. The molecule has 1 saturated heterocycles. The number of aromatic nitrogens is 2. The molecule has 1 fully saturated rings. The molecule has 3 nitrogen and oxygen atoms in total. The average Bonchev–Trinajstić information content (AvgIpc) is 2.90. The van der Waals surface area contributed by atoms with E-state index >= 15 is 0 Å². The van der Waals surface area contributed by atoms with Gasteiger partial charge in [-0.15, -0.1) is 0 Å². The first-order valence-corrected chi connectivity index (χ1v) is 7.47. The molecule has 0 aliphatic carbocycles. The van der Waals surface area contributed by atoms with Crippen LogP contribution in [0.25, 0.3) is 0 Å². The van der Waals surface area contributed by atoms with Gasteiger partial charge in [0.15, 0.2) is 5.82 Å². The van der Waals surface area contributed by atoms with Gasteiger partial charge in [0.1, 0.15) is 11.3 Å². The number of benzene rings is 1. The minimum atomic E-state index is 0.391. The third-order valence-corrected chi connectivity index (χ3v) is 4.35. The summed E-state index contributed by atoms with van der Waals surface area (Å²) in [5, 5.41) is 1.44. The van der Waals surface area contributed by atoms with Gasteiger partial charge in [0.25, 0.3) is 0 Å². The fourth-order valence-electron chi connectivity index (χ4n) is 2.76. The molecule has 0 spiro atoms. The van der Waals surface area contributed by atoms with Gasteiger partial charge in [-0.1, -0.05) is 41.4 Å². The van der Waals surface area contributed by atoms with Crippen LogP contribution in [0.3, 0.4) is 0 Å². The number of hydrogen-bond acceptors (Lipinski definition) is 3. The molecule has 2 heterocycles. The lowest BCUT2D eigenvalue weighted by atomic mass is 10.0. The first-order chi connectivity index (χ1) is 9.75. The summed E-state index contributed by atoms with van der Waals surface area (Å²) in [4.78, 5) is 10.5. The topological polar surface area (TPSA) is 29.0 Å². The molecule has 20 heavy (non-hydrogen) atoms. The molecule has 0 saturated carbocycles. The molecule has 2 aromatic rings. The summed E-state index contributed by atoms with van der Waals surface area (Å²) in [6, 6.07) is 8.40. The Bertz CT molecular complexity index is 603. The Balaban J connectivity index is 1.83. The third kappa shape index (κ3) is 2.74. The Kier molecular flexibility index (Phi) is 4.08. The van der Waals surface area contributed by atoms with Crippen molar-refractivity contribution >= 4 is 29.0 Å². The highest BCUT2D eigenvalue weighted by molar-refractivity contribution is 6.32. The molecule has 0 radical (unpaired) electrons. The van der Waals surface area contributed by atoms with Crippen LogP contribution in [0.2, 0.25) is 10.0 Å². The second kappa shape index (κ2) is 5.98. The van der Waals surface area contributed by atoms with Gasteiger partial charge >= 0.3 is 0 Å². The zero-order valence-electron chi connectivity index (χ0n) is 11.0. The second-order valence-corrected chi connectivity index (χ2v) is 5.79. The van der Waals surface area contributed by atoms with Gasteiger partial charge in [0, 0.05) is 17.6 Å². The van der Waals surface area contributed by atoms with Gasteiger partial charge in [-0.05, 0) is 30.9 Å². The highest BCUT2D eigenvalue weighted by atomic mass is 35.5. The van der Waals surface area contributed by atoms with Crippen LogP contribution < -0.4 is 4.90 Å². The van der Waals surface area contributed by atoms with Crippen molar-refractivity contribution < 1.29 is 0 Å². The van der Waals surface area contributed by atoms with Crippen molar-refractivity contribution in [3.8, 4) is 0 Å². The van der Waals surface area contributed by atoms with E-state index in [-0.39, 0.29) is 0 Å². The molecule has 1 atom stereocenters. The van der Waals surface area contributed by atoms with Gasteiger partial charge in [-0.3, -0.25) is 0 Å². The molecule has 5 heteroatoms. The van der Waals surface area contributed by atoms with E-state index in [1.807, 2.05) is 18.2 Å². The number of rotatable bonds is 3. The van der Waals surface area contributed by atoms with E-state index in [9.17, 15) is 0 Å². The molecular formula is C15H15Cl2N3. The Morgan fingerprint density at radius 1 is 1.20 bits per heavy atom. The third-order valence-electron chi connectivity index (χ3n) is 3.71. The maximum atomic E-state index is 6.26. The van der Waals surface area contributed by atoms with Crippen LogP contribution in [0.4, 0.5) is 5.82 Å². The summed E-state index contributed by atoms with van der Waals surface area (Å²) in [6.07, 6.45) is 6.39. The summed E-state index contributed by atoms with van der Waals surface area (Å²) in [5.41, 5.74) is 1.18. The van der Waals surface area contributed by atoms with E-state index in [1.54, 1.807) is 12.5 Å². The van der Waals surface area contributed by atoms with Crippen LogP contribution >= 0.6 is 23.2 Å². The molecule has 1 aromatic heterocycles. The quantitative estimate of drug-likeness (QED) is 0.858. The van der Waals surface area contributed by atoms with Crippen molar-refractivity contribution in [2.24, 2.45) is 0 Å². The van der Waals surface area contributed by atoms with Crippen molar-refractivity contribution in [2.75, 3.05) is 11.4 Å². The Morgan fingerprint density at radius 3 is 2.85 bits per heavy atom. The predicted octanol–water partition coefficient (Wildman–Crippen LogP) is 3.99. The van der Waals surface area contributed by atoms with E-state index < -0.39 is 0 Å². The van der Waals surface area contributed by atoms with Crippen molar-refractivity contribution in [2.45, 2.75) is 25.3 Å². The molecule has 1 aliphatic heterocycles. The van der Waals surface area contributed by atoms with E-state index in [0.29, 0.717) is 11.1 Å². The predicted molar refractivity (Wildman–Crippen MR) is 82.6 cm³/mol. The summed E-state index contributed by atoms with van der Waals surface area (Å²) in [6.45, 7) is 0.978. The van der Waals surface area contributed by atoms with Crippen LogP contribution in [0.5, 0.6) is 0 Å². The van der Waals surface area contributed by atoms with Gasteiger partial charge in [-0.2, -0.15) is 0 Å². The standard InChI is InChI=1S/C15H15Cl2N3/c16-13-6-2-1-4-11(13)8-12-5-3-7-20(12)15-14(17)9-18-10-19-15/h1-2,4,6,9-10,12H,3,5,7-8H2. The largest absolute Gasteiger partial charge is 0.352 e. The van der Waals surface area contributed by atoms with Crippen LogP contribution in [0.15, 0.2) is 36.8 Å². The summed E-state index contributed by atoms with van der Waals surface area (Å²) >= 11 is 12.5. The number of hydrogen-bond donors (Lipinski definition) is 0. The summed E-state index contributed by atoms with van der Waals surface area (Å²) < 4.78 is 0. The van der Waals surface area contributed by atoms with Gasteiger partial charge in [-0.25, -0.2) is 9.97 Å². The zero-order valence-corrected chi connectivity index (χ0v) is 12.5. The lowest BCUT2D eigenvalue weighted by Crippen LogP contribution is -2.32. The van der Waals surface area contributed by atoms with Crippen molar-refractivity contribution in [1.82, 2.24) is 9.97 Å². The number of anilines is 1. The van der Waals surface area contributed by atoms with Crippen LogP contribution in [0.1, 0.15) is 18.4 Å². The highest BCUT2D eigenvalue weighted by Gasteiger charge is 2.27. The molecule has 1 aliphatic rings. The van der Waals surface area contributed by atoms with E-state index in [4.69, 9.17) is 23.2 Å². The Morgan fingerprint density at radius 2 is 2.05 bits per heavy atom. The smallest absolute Gasteiger partial charge is 0.151 e. The molecular weight excluding hydrogens is 293 g/mol. The fraction of sp³-hybridized carbons (Fsp3) is 0.333. The van der Waals surface area contributed by atoms with E-state index in [0.717, 1.165) is 36.6 Å². The zero-order chi connectivity index (χ0) is 13.9. The van der Waals surface area contributed by atoms with Crippen LogP contribution in [-0.4, -0.2) is 22.6 Å². The monoisotopic (exact) mass is 307 g/mol. The van der Waals surface area contributed by atoms with Crippen molar-refractivity contribution in [3.63, 3.8) is 0 Å². The van der Waals surface area contributed by atoms with Gasteiger partial charge < -0.3 is 4.90 Å². The fourth-order valence-corrected chi connectivity index (χ4v) is 3.19. The Hall–Kier alpha value is -1.32. The first kappa shape index (κ1) is 13.7. The van der Waals surface area contributed by atoms with Crippen LogP contribution in [-0.2, 0) is 6.42 Å². The van der Waals surface area contributed by atoms with Gasteiger partial charge in [0.05, 0.1) is 6.20 Å². The van der Waals surface area contributed by atoms with E-state index in [1.165, 1.54) is 5.56 Å². The van der Waals surface area contributed by atoms with E-state index in [2.05, 4.69) is 20.9 Å². The molecule has 0 N–H and O–H groups in total. The lowest BCUT2D eigenvalue weighted by molar-refractivity contribution is 0.657. The highest BCUT2D eigenvalue weighted by Crippen LogP contribution is 2.31. The average molecular weight is 308 g/mol. The maximum Gasteiger partial charge on any atom is 0.151 e. The SMILES string of the molecule is Clc1ccccc1CC1CCCN1c1ncncc1Cl. The summed E-state index contributed by atoms with van der Waals surface area (Å²) in [7, 11) is 0. The van der Waals surface area contributed by atoms with Crippen LogP contribution in [0, 0.1) is 0 Å². The first-order valence-electron chi connectivity index (χ1n) is 6.71. The number of nitrogens with zero attached hydrogens (tertiary/aromatic N) is 3.